The van der Waals surface area contributed by atoms with Crippen LogP contribution in [-0.4, -0.2) is 16.8 Å². The van der Waals surface area contributed by atoms with Gasteiger partial charge in [0.1, 0.15) is 5.75 Å². The Morgan fingerprint density at radius 3 is 2.33 bits per heavy atom. The Morgan fingerprint density at radius 2 is 1.81 bits per heavy atom. The molecule has 1 aromatic heterocycles. The summed E-state index contributed by atoms with van der Waals surface area (Å²) in [4.78, 5) is 4.25. The zero-order valence-corrected chi connectivity index (χ0v) is 12.0. The summed E-state index contributed by atoms with van der Waals surface area (Å²) in [7, 11) is 0. The van der Waals surface area contributed by atoms with Gasteiger partial charge in [0.2, 0.25) is 0 Å². The van der Waals surface area contributed by atoms with Gasteiger partial charge in [0.05, 0.1) is 6.04 Å². The number of aromatic nitrogens is 2. The average molecular weight is 297 g/mol. The maximum absolute atomic E-state index is 12.1. The molecule has 2 aromatic rings. The van der Waals surface area contributed by atoms with Gasteiger partial charge in [-0.3, -0.25) is 0 Å². The minimum atomic E-state index is -2.85. The van der Waals surface area contributed by atoms with Gasteiger partial charge in [-0.1, -0.05) is 25.9 Å². The fourth-order valence-electron chi connectivity index (χ4n) is 1.64. The number of ether oxygens (including phenoxy) is 1. The highest BCUT2D eigenvalue weighted by Gasteiger charge is 2.27. The molecule has 1 atom stereocenters. The molecule has 0 amide bonds. The van der Waals surface area contributed by atoms with Crippen LogP contribution in [0.4, 0.5) is 8.78 Å². The fourth-order valence-corrected chi connectivity index (χ4v) is 1.64. The largest absolute Gasteiger partial charge is 0.435 e. The SMILES string of the molecule is CC(C)(C)C(N)c1noc(-c2ccc(OC(F)F)cc2)n1. The zero-order chi connectivity index (χ0) is 15.6. The molecule has 2 N–H and O–H groups in total. The lowest BCUT2D eigenvalue weighted by Crippen LogP contribution is -2.27. The van der Waals surface area contributed by atoms with Crippen LogP contribution in [0.5, 0.6) is 5.75 Å². The van der Waals surface area contributed by atoms with E-state index in [1.54, 1.807) is 12.1 Å². The molecule has 1 aromatic carbocycles. The second kappa shape index (κ2) is 5.77. The summed E-state index contributed by atoms with van der Waals surface area (Å²) in [5.41, 5.74) is 6.46. The van der Waals surface area contributed by atoms with E-state index in [2.05, 4.69) is 14.9 Å². The molecule has 1 heterocycles. The van der Waals surface area contributed by atoms with Crippen molar-refractivity contribution in [3.63, 3.8) is 0 Å². The number of nitrogens with zero attached hydrogens (tertiary/aromatic N) is 2. The van der Waals surface area contributed by atoms with Crippen LogP contribution in [0, 0.1) is 5.41 Å². The first kappa shape index (κ1) is 15.4. The van der Waals surface area contributed by atoms with E-state index in [9.17, 15) is 8.78 Å². The first-order valence-electron chi connectivity index (χ1n) is 6.42. The first-order chi connectivity index (χ1) is 9.77. The molecule has 0 fully saturated rings. The monoisotopic (exact) mass is 297 g/mol. The van der Waals surface area contributed by atoms with Gasteiger partial charge < -0.3 is 15.0 Å². The number of rotatable bonds is 4. The second-order valence-electron chi connectivity index (χ2n) is 5.70. The van der Waals surface area contributed by atoms with E-state index >= 15 is 0 Å². The van der Waals surface area contributed by atoms with Crippen molar-refractivity contribution in [3.05, 3.63) is 30.1 Å². The van der Waals surface area contributed by atoms with E-state index in [-0.39, 0.29) is 23.1 Å². The molecule has 0 aliphatic carbocycles. The Kier molecular flexibility index (Phi) is 4.22. The summed E-state index contributed by atoms with van der Waals surface area (Å²) in [6.07, 6.45) is 0. The number of alkyl halides is 2. The number of nitrogens with two attached hydrogens (primary N) is 1. The quantitative estimate of drug-likeness (QED) is 0.936. The van der Waals surface area contributed by atoms with Crippen molar-refractivity contribution < 1.29 is 18.0 Å². The Balaban J connectivity index is 2.18. The van der Waals surface area contributed by atoms with Crippen LogP contribution in [-0.2, 0) is 0 Å². The highest BCUT2D eigenvalue weighted by Crippen LogP contribution is 2.30. The van der Waals surface area contributed by atoms with Crippen LogP contribution in [0.3, 0.4) is 0 Å². The minimum absolute atomic E-state index is 0.0693. The second-order valence-corrected chi connectivity index (χ2v) is 5.70. The maximum Gasteiger partial charge on any atom is 0.387 e. The predicted octanol–water partition coefficient (Wildman–Crippen LogP) is 3.38. The van der Waals surface area contributed by atoms with Crippen LogP contribution < -0.4 is 10.5 Å². The molecular formula is C14H17F2N3O2. The molecule has 0 saturated carbocycles. The molecule has 21 heavy (non-hydrogen) atoms. The third-order valence-corrected chi connectivity index (χ3v) is 2.98. The molecule has 0 saturated heterocycles. The number of benzene rings is 1. The van der Waals surface area contributed by atoms with Gasteiger partial charge >= 0.3 is 6.61 Å². The molecular weight excluding hydrogens is 280 g/mol. The summed E-state index contributed by atoms with van der Waals surface area (Å²) in [6.45, 7) is 3.08. The lowest BCUT2D eigenvalue weighted by atomic mass is 9.87. The standard InChI is InChI=1S/C14H17F2N3O2/c1-14(2,3)10(17)11-18-12(21-19-11)8-4-6-9(7-5-8)20-13(15)16/h4-7,10,13H,17H2,1-3H3. The van der Waals surface area contributed by atoms with Crippen molar-refractivity contribution in [2.45, 2.75) is 33.4 Å². The van der Waals surface area contributed by atoms with Gasteiger partial charge in [-0.15, -0.1) is 0 Å². The van der Waals surface area contributed by atoms with Crippen molar-refractivity contribution >= 4 is 0 Å². The van der Waals surface area contributed by atoms with Crippen molar-refractivity contribution in [2.24, 2.45) is 11.1 Å². The molecule has 2 rings (SSSR count). The van der Waals surface area contributed by atoms with E-state index < -0.39 is 6.61 Å². The number of hydrogen-bond acceptors (Lipinski definition) is 5. The molecule has 0 spiro atoms. The molecule has 1 unspecified atom stereocenters. The summed E-state index contributed by atoms with van der Waals surface area (Å²) in [5.74, 6) is 0.763. The molecule has 0 bridgehead atoms. The predicted molar refractivity (Wildman–Crippen MR) is 72.7 cm³/mol. The van der Waals surface area contributed by atoms with Crippen molar-refractivity contribution in [3.8, 4) is 17.2 Å². The molecule has 114 valence electrons. The minimum Gasteiger partial charge on any atom is -0.435 e. The van der Waals surface area contributed by atoms with E-state index in [0.29, 0.717) is 11.4 Å². The van der Waals surface area contributed by atoms with Crippen LogP contribution in [0.25, 0.3) is 11.5 Å². The fraction of sp³-hybridized carbons (Fsp3) is 0.429. The Bertz CT molecular complexity index is 591. The van der Waals surface area contributed by atoms with Crippen LogP contribution in [0.2, 0.25) is 0 Å². The van der Waals surface area contributed by atoms with Crippen molar-refractivity contribution in [2.75, 3.05) is 0 Å². The maximum atomic E-state index is 12.1. The van der Waals surface area contributed by atoms with Crippen LogP contribution in [0.1, 0.15) is 32.6 Å². The van der Waals surface area contributed by atoms with Gasteiger partial charge in [0.15, 0.2) is 5.82 Å². The van der Waals surface area contributed by atoms with E-state index in [1.165, 1.54) is 12.1 Å². The molecule has 0 aliphatic heterocycles. The van der Waals surface area contributed by atoms with E-state index in [0.717, 1.165) is 0 Å². The summed E-state index contributed by atoms with van der Waals surface area (Å²) < 4.78 is 33.6. The normalized spacial score (nSPS) is 13.5. The third kappa shape index (κ3) is 3.75. The van der Waals surface area contributed by atoms with Gasteiger partial charge in [0, 0.05) is 5.56 Å². The average Bonchev–Trinajstić information content (AvgIpc) is 2.86. The Labute approximate surface area is 121 Å². The van der Waals surface area contributed by atoms with Crippen LogP contribution >= 0.6 is 0 Å². The Morgan fingerprint density at radius 1 is 1.19 bits per heavy atom. The summed E-state index contributed by atoms with van der Waals surface area (Å²) in [5, 5.41) is 3.87. The lowest BCUT2D eigenvalue weighted by molar-refractivity contribution is -0.0498. The van der Waals surface area contributed by atoms with Crippen molar-refractivity contribution in [1.82, 2.24) is 10.1 Å². The Hall–Kier alpha value is -2.02. The van der Waals surface area contributed by atoms with Gasteiger partial charge in [-0.25, -0.2) is 0 Å². The topological polar surface area (TPSA) is 74.2 Å². The van der Waals surface area contributed by atoms with E-state index in [4.69, 9.17) is 10.3 Å². The van der Waals surface area contributed by atoms with Gasteiger partial charge in [-0.2, -0.15) is 13.8 Å². The zero-order valence-electron chi connectivity index (χ0n) is 12.0. The first-order valence-corrected chi connectivity index (χ1v) is 6.42. The molecule has 5 nitrogen and oxygen atoms in total. The number of halogens is 2. The smallest absolute Gasteiger partial charge is 0.387 e. The summed E-state index contributed by atoms with van der Waals surface area (Å²) >= 11 is 0. The molecule has 0 aliphatic rings. The molecule has 7 heteroatoms. The summed E-state index contributed by atoms with van der Waals surface area (Å²) in [6, 6.07) is 5.59. The third-order valence-electron chi connectivity index (χ3n) is 2.98. The van der Waals surface area contributed by atoms with Crippen LogP contribution in [0.15, 0.2) is 28.8 Å². The number of hydrogen-bond donors (Lipinski definition) is 1. The van der Waals surface area contributed by atoms with Gasteiger partial charge in [-0.05, 0) is 29.7 Å². The molecule has 0 radical (unpaired) electrons. The lowest BCUT2D eigenvalue weighted by Gasteiger charge is -2.23. The van der Waals surface area contributed by atoms with Crippen molar-refractivity contribution in [1.29, 1.82) is 0 Å². The highest BCUT2D eigenvalue weighted by atomic mass is 19.3. The van der Waals surface area contributed by atoms with E-state index in [1.807, 2.05) is 20.8 Å². The highest BCUT2D eigenvalue weighted by molar-refractivity contribution is 5.54. The van der Waals surface area contributed by atoms with Gasteiger partial charge in [0.25, 0.3) is 5.89 Å².